The summed E-state index contributed by atoms with van der Waals surface area (Å²) in [5.41, 5.74) is 1.69. The Labute approximate surface area is 109 Å². The normalized spacial score (nSPS) is 10.6. The fraction of sp³-hybridized carbons (Fsp3) is 0.0667. The molecule has 3 rings (SSSR count). The Balaban J connectivity index is 2.13. The van der Waals surface area contributed by atoms with Gasteiger partial charge in [0, 0.05) is 23.6 Å². The maximum absolute atomic E-state index is 11.1. The molecule has 1 aromatic carbocycles. The number of pyridine rings is 1. The summed E-state index contributed by atoms with van der Waals surface area (Å²) >= 11 is 0. The van der Waals surface area contributed by atoms with Gasteiger partial charge in [-0.3, -0.25) is 4.79 Å². The van der Waals surface area contributed by atoms with E-state index in [1.807, 2.05) is 48.7 Å². The molecule has 4 heteroatoms. The lowest BCUT2D eigenvalue weighted by Gasteiger charge is -2.04. The van der Waals surface area contributed by atoms with E-state index in [0.717, 1.165) is 11.1 Å². The molecule has 0 atom stereocenters. The van der Waals surface area contributed by atoms with E-state index in [9.17, 15) is 4.79 Å². The van der Waals surface area contributed by atoms with Crippen LogP contribution in [0.1, 0.15) is 6.92 Å². The predicted octanol–water partition coefficient (Wildman–Crippen LogP) is 2.61. The van der Waals surface area contributed by atoms with E-state index in [1.54, 1.807) is 10.6 Å². The Kier molecular flexibility index (Phi) is 2.76. The van der Waals surface area contributed by atoms with Gasteiger partial charge in [0.15, 0.2) is 0 Å². The van der Waals surface area contributed by atoms with Crippen LogP contribution in [0.15, 0.2) is 59.3 Å². The highest BCUT2D eigenvalue weighted by Gasteiger charge is 2.17. The van der Waals surface area contributed by atoms with Gasteiger partial charge in [-0.1, -0.05) is 12.1 Å². The summed E-state index contributed by atoms with van der Waals surface area (Å²) < 4.78 is 12.6. The summed E-state index contributed by atoms with van der Waals surface area (Å²) in [7, 11) is 0. The second kappa shape index (κ2) is 4.57. The fourth-order valence-electron chi connectivity index (χ4n) is 1.94. The molecule has 3 aromatic rings. The van der Waals surface area contributed by atoms with E-state index in [1.165, 1.54) is 6.92 Å². The van der Waals surface area contributed by atoms with Gasteiger partial charge in [-0.25, -0.2) is 4.52 Å². The predicted molar refractivity (Wildman–Crippen MR) is 68.6 cm³/mol. The fourth-order valence-corrected chi connectivity index (χ4v) is 1.94. The number of esters is 1. The van der Waals surface area contributed by atoms with Crippen molar-refractivity contribution >= 4 is 11.5 Å². The van der Waals surface area contributed by atoms with Crippen molar-refractivity contribution in [3.63, 3.8) is 0 Å². The zero-order valence-electron chi connectivity index (χ0n) is 10.4. The number of carbonyl (C=O) groups excluding carboxylic acids is 1. The van der Waals surface area contributed by atoms with Crippen LogP contribution in [0, 0.1) is 0 Å². The Bertz CT molecular complexity index is 713. The summed E-state index contributed by atoms with van der Waals surface area (Å²) in [6, 6.07) is 15.0. The molecule has 0 spiro atoms. The van der Waals surface area contributed by atoms with Gasteiger partial charge in [0.2, 0.25) is 12.0 Å². The van der Waals surface area contributed by atoms with E-state index < -0.39 is 0 Å². The van der Waals surface area contributed by atoms with E-state index in [2.05, 4.69) is 0 Å². The maximum Gasteiger partial charge on any atom is 0.308 e. The van der Waals surface area contributed by atoms with Crippen LogP contribution in [-0.4, -0.2) is 5.97 Å². The van der Waals surface area contributed by atoms with Gasteiger partial charge >= 0.3 is 5.97 Å². The quantitative estimate of drug-likeness (QED) is 0.401. The zero-order valence-corrected chi connectivity index (χ0v) is 10.4. The number of aromatic nitrogens is 1. The maximum atomic E-state index is 11.1. The zero-order chi connectivity index (χ0) is 13.2. The lowest BCUT2D eigenvalue weighted by Crippen LogP contribution is -2.15. The smallest absolute Gasteiger partial charge is 0.308 e. The van der Waals surface area contributed by atoms with Crippen LogP contribution < -0.4 is 9.31 Å². The minimum absolute atomic E-state index is 0.351. The first kappa shape index (κ1) is 11.5. The van der Waals surface area contributed by atoms with Crippen LogP contribution in [-0.2, 0) is 4.79 Å². The summed E-state index contributed by atoms with van der Waals surface area (Å²) in [5, 5.41) is 0. The minimum atomic E-state index is -0.351. The minimum Gasteiger partial charge on any atom is -0.426 e. The first-order chi connectivity index (χ1) is 9.24. The van der Waals surface area contributed by atoms with Crippen LogP contribution in [0.25, 0.3) is 16.8 Å². The molecule has 0 saturated heterocycles. The lowest BCUT2D eigenvalue weighted by atomic mass is 10.1. The van der Waals surface area contributed by atoms with E-state index in [4.69, 9.17) is 9.26 Å². The number of rotatable bonds is 2. The molecule has 19 heavy (non-hydrogen) atoms. The van der Waals surface area contributed by atoms with E-state index >= 15 is 0 Å². The summed E-state index contributed by atoms with van der Waals surface area (Å²) in [6.07, 6.45) is 1.83. The van der Waals surface area contributed by atoms with Crippen molar-refractivity contribution in [2.24, 2.45) is 0 Å². The van der Waals surface area contributed by atoms with Gasteiger partial charge < -0.3 is 4.74 Å². The molecule has 0 aliphatic rings. The van der Waals surface area contributed by atoms with Crippen molar-refractivity contribution in [2.75, 3.05) is 0 Å². The van der Waals surface area contributed by atoms with Crippen LogP contribution in [0.5, 0.6) is 5.75 Å². The molecule has 4 nitrogen and oxygen atoms in total. The molecule has 2 aromatic heterocycles. The number of hydrogen-bond acceptors (Lipinski definition) is 3. The van der Waals surface area contributed by atoms with Crippen LogP contribution in [0.2, 0.25) is 0 Å². The average molecular weight is 254 g/mol. The highest BCUT2D eigenvalue weighted by atomic mass is 16.5. The van der Waals surface area contributed by atoms with Gasteiger partial charge in [-0.15, -0.1) is 0 Å². The van der Waals surface area contributed by atoms with Crippen molar-refractivity contribution in [1.82, 2.24) is 0 Å². The van der Waals surface area contributed by atoms with Crippen LogP contribution in [0.3, 0.4) is 0 Å². The van der Waals surface area contributed by atoms with Gasteiger partial charge in [0.25, 0.3) is 5.52 Å². The summed E-state index contributed by atoms with van der Waals surface area (Å²) in [4.78, 5) is 11.1. The number of hydrogen-bond donors (Lipinski definition) is 0. The molecule has 2 heterocycles. The van der Waals surface area contributed by atoms with Crippen LogP contribution in [0.4, 0.5) is 0 Å². The lowest BCUT2D eigenvalue weighted by molar-refractivity contribution is -0.714. The van der Waals surface area contributed by atoms with Crippen molar-refractivity contribution in [3.8, 4) is 17.1 Å². The van der Waals surface area contributed by atoms with E-state index in [-0.39, 0.29) is 5.97 Å². The first-order valence-electron chi connectivity index (χ1n) is 5.92. The average Bonchev–Trinajstić information content (AvgIpc) is 2.82. The van der Waals surface area contributed by atoms with Gasteiger partial charge in [0.1, 0.15) is 5.75 Å². The molecular weight excluding hydrogens is 242 g/mol. The van der Waals surface area contributed by atoms with Crippen molar-refractivity contribution in [3.05, 3.63) is 54.7 Å². The highest BCUT2D eigenvalue weighted by Crippen LogP contribution is 2.30. The Hall–Kier alpha value is -2.62. The molecule has 0 N–H and O–H groups in total. The first-order valence-corrected chi connectivity index (χ1v) is 5.92. The topological polar surface area (TPSA) is 43.5 Å². The largest absolute Gasteiger partial charge is 0.426 e. The molecule has 0 fully saturated rings. The van der Waals surface area contributed by atoms with Crippen LogP contribution >= 0.6 is 0 Å². The molecule has 94 valence electrons. The molecule has 0 bridgehead atoms. The Morgan fingerprint density at radius 3 is 2.74 bits per heavy atom. The molecule has 0 saturated carbocycles. The monoisotopic (exact) mass is 254 g/mol. The van der Waals surface area contributed by atoms with E-state index in [0.29, 0.717) is 11.5 Å². The van der Waals surface area contributed by atoms with Crippen molar-refractivity contribution in [2.45, 2.75) is 6.92 Å². The van der Waals surface area contributed by atoms with Gasteiger partial charge in [-0.2, -0.15) is 0 Å². The third kappa shape index (κ3) is 2.20. The highest BCUT2D eigenvalue weighted by molar-refractivity contribution is 5.75. The van der Waals surface area contributed by atoms with Crippen molar-refractivity contribution < 1.29 is 18.6 Å². The molecule has 0 radical (unpaired) electrons. The second-order valence-corrected chi connectivity index (χ2v) is 4.14. The third-order valence-electron chi connectivity index (χ3n) is 2.74. The van der Waals surface area contributed by atoms with Gasteiger partial charge in [-0.05, 0) is 18.2 Å². The summed E-state index contributed by atoms with van der Waals surface area (Å²) in [6.45, 7) is 1.38. The number of carbonyl (C=O) groups is 1. The molecule has 0 amide bonds. The molecule has 0 aliphatic carbocycles. The molecule has 0 aliphatic heterocycles. The number of nitrogens with zero attached hydrogens (tertiary/aromatic N) is 1. The van der Waals surface area contributed by atoms with Crippen molar-refractivity contribution in [1.29, 1.82) is 0 Å². The number of fused-ring (bicyclic) bond motifs is 1. The standard InChI is InChI=1S/C15H12NO3/c1-11(17)18-14-8-3-2-7-13(14)15-10-12-6-4-5-9-16(12)19-15/h2-10H,1H3/q+1. The molecule has 0 unspecified atom stereocenters. The summed E-state index contributed by atoms with van der Waals surface area (Å²) in [5.74, 6) is 0.800. The third-order valence-corrected chi connectivity index (χ3v) is 2.74. The Morgan fingerprint density at radius 1 is 1.16 bits per heavy atom. The number of benzene rings is 1. The number of para-hydroxylation sites is 1. The SMILES string of the molecule is CC(=O)Oc1ccccc1-c1cc2cccc[n+]2o1. The second-order valence-electron chi connectivity index (χ2n) is 4.14. The molecular formula is C15H12NO3+. The van der Waals surface area contributed by atoms with Gasteiger partial charge in [0.05, 0.1) is 11.6 Å². The number of ether oxygens (including phenoxy) is 1. The Morgan fingerprint density at radius 2 is 1.95 bits per heavy atom.